The Bertz CT molecular complexity index is 1160. The van der Waals surface area contributed by atoms with Gasteiger partial charge < -0.3 is 0 Å². The van der Waals surface area contributed by atoms with E-state index >= 15 is 0 Å². The average molecular weight is 420 g/mol. The van der Waals surface area contributed by atoms with E-state index in [-0.39, 0.29) is 10.5 Å². The topological polar surface area (TPSA) is 81.1 Å². The third kappa shape index (κ3) is 2.85. The van der Waals surface area contributed by atoms with E-state index in [1.54, 1.807) is 41.0 Å². The molecule has 1 aliphatic rings. The Balaban J connectivity index is 1.78. The van der Waals surface area contributed by atoms with Crippen LogP contribution in [0.2, 0.25) is 0 Å². The lowest BCUT2D eigenvalue weighted by Crippen LogP contribution is -2.21. The van der Waals surface area contributed by atoms with Crippen LogP contribution in [0.15, 0.2) is 56.6 Å². The molecule has 0 atom stereocenters. The molecule has 2 aromatic carbocycles. The van der Waals surface area contributed by atoms with Crippen LogP contribution in [0.4, 0.5) is 5.69 Å². The van der Waals surface area contributed by atoms with Crippen LogP contribution in [-0.4, -0.2) is 18.0 Å². The minimum absolute atomic E-state index is 0.126. The molecule has 1 aliphatic heterocycles. The predicted octanol–water partition coefficient (Wildman–Crippen LogP) is 2.91. The maximum absolute atomic E-state index is 12.6. The van der Waals surface area contributed by atoms with E-state index < -0.39 is 10.0 Å². The van der Waals surface area contributed by atoms with Crippen LogP contribution in [0.1, 0.15) is 12.2 Å². The molecule has 0 saturated heterocycles. The lowest BCUT2D eigenvalue weighted by Gasteiger charge is -2.11. The van der Waals surface area contributed by atoms with Crippen LogP contribution in [0.25, 0.3) is 10.9 Å². The molecule has 25 heavy (non-hydrogen) atoms. The van der Waals surface area contributed by atoms with E-state index in [0.717, 1.165) is 18.7 Å². The summed E-state index contributed by atoms with van der Waals surface area (Å²) in [6.07, 6.45) is 1.70. The smallest absolute Gasteiger partial charge is 0.263 e. The molecule has 0 amide bonds. The fourth-order valence-electron chi connectivity index (χ4n) is 3.02. The van der Waals surface area contributed by atoms with E-state index in [0.29, 0.717) is 27.6 Å². The first-order valence-electron chi connectivity index (χ1n) is 7.76. The van der Waals surface area contributed by atoms with E-state index in [1.807, 2.05) is 0 Å². The van der Waals surface area contributed by atoms with Crippen LogP contribution < -0.4 is 10.3 Å². The minimum atomic E-state index is -3.76. The molecule has 1 N–H and O–H groups in total. The molecule has 0 spiro atoms. The van der Waals surface area contributed by atoms with Crippen molar-refractivity contribution < 1.29 is 8.42 Å². The summed E-state index contributed by atoms with van der Waals surface area (Å²) < 4.78 is 29.8. The van der Waals surface area contributed by atoms with Gasteiger partial charge in [0, 0.05) is 23.1 Å². The lowest BCUT2D eigenvalue weighted by molar-refractivity contribution is 0.601. The van der Waals surface area contributed by atoms with Crippen molar-refractivity contribution in [1.82, 2.24) is 9.55 Å². The fraction of sp³-hybridized carbons (Fsp3) is 0.176. The molecule has 3 aromatic rings. The Morgan fingerprint density at radius 2 is 1.96 bits per heavy atom. The summed E-state index contributed by atoms with van der Waals surface area (Å²) in [6, 6.07) is 11.4. The van der Waals surface area contributed by atoms with E-state index in [2.05, 4.69) is 25.6 Å². The third-order valence-corrected chi connectivity index (χ3v) is 6.59. The highest BCUT2D eigenvalue weighted by Crippen LogP contribution is 2.25. The van der Waals surface area contributed by atoms with Crippen molar-refractivity contribution in [3.05, 3.63) is 63.1 Å². The van der Waals surface area contributed by atoms with Crippen molar-refractivity contribution >= 4 is 42.5 Å². The Hall–Kier alpha value is -2.19. The summed E-state index contributed by atoms with van der Waals surface area (Å²) in [6.45, 7) is 0.657. The van der Waals surface area contributed by atoms with Gasteiger partial charge in [0.2, 0.25) is 0 Å². The van der Waals surface area contributed by atoms with Gasteiger partial charge in [-0.3, -0.25) is 14.1 Å². The van der Waals surface area contributed by atoms with Crippen molar-refractivity contribution in [2.75, 3.05) is 4.72 Å². The number of aromatic nitrogens is 2. The zero-order chi connectivity index (χ0) is 17.6. The molecule has 0 saturated carbocycles. The SMILES string of the molecule is O=c1c2cc(NS(=O)(=O)c3ccccc3Br)ccc2nc2n1CCC2. The van der Waals surface area contributed by atoms with Crippen molar-refractivity contribution in [3.63, 3.8) is 0 Å². The highest BCUT2D eigenvalue weighted by Gasteiger charge is 2.19. The number of rotatable bonds is 3. The Morgan fingerprint density at radius 1 is 1.16 bits per heavy atom. The summed E-state index contributed by atoms with van der Waals surface area (Å²) >= 11 is 3.25. The van der Waals surface area contributed by atoms with Crippen LogP contribution in [0.5, 0.6) is 0 Å². The van der Waals surface area contributed by atoms with Gasteiger partial charge in [-0.05, 0) is 52.7 Å². The quantitative estimate of drug-likeness (QED) is 0.707. The van der Waals surface area contributed by atoms with Crippen LogP contribution in [0.3, 0.4) is 0 Å². The van der Waals surface area contributed by atoms with Gasteiger partial charge in [0.25, 0.3) is 15.6 Å². The molecule has 1 aromatic heterocycles. The predicted molar refractivity (Wildman–Crippen MR) is 99.3 cm³/mol. The molecule has 0 fully saturated rings. The second kappa shape index (κ2) is 5.96. The maximum atomic E-state index is 12.6. The summed E-state index contributed by atoms with van der Waals surface area (Å²) in [7, 11) is -3.76. The molecule has 0 bridgehead atoms. The Morgan fingerprint density at radius 3 is 2.76 bits per heavy atom. The molecule has 2 heterocycles. The largest absolute Gasteiger partial charge is 0.296 e. The van der Waals surface area contributed by atoms with E-state index in [1.165, 1.54) is 6.07 Å². The third-order valence-electron chi connectivity index (χ3n) is 4.19. The molecule has 128 valence electrons. The highest BCUT2D eigenvalue weighted by molar-refractivity contribution is 9.10. The number of hydrogen-bond acceptors (Lipinski definition) is 4. The molecular weight excluding hydrogens is 406 g/mol. The summed E-state index contributed by atoms with van der Waals surface area (Å²) in [5, 5.41) is 0.415. The number of halogens is 1. The molecule has 4 rings (SSSR count). The fourth-order valence-corrected chi connectivity index (χ4v) is 5.07. The average Bonchev–Trinajstić information content (AvgIpc) is 3.04. The summed E-state index contributed by atoms with van der Waals surface area (Å²) in [4.78, 5) is 17.2. The lowest BCUT2D eigenvalue weighted by atomic mass is 10.2. The van der Waals surface area contributed by atoms with Crippen LogP contribution >= 0.6 is 15.9 Å². The van der Waals surface area contributed by atoms with Crippen LogP contribution in [-0.2, 0) is 23.0 Å². The van der Waals surface area contributed by atoms with Crippen molar-refractivity contribution in [1.29, 1.82) is 0 Å². The number of aryl methyl sites for hydroxylation is 1. The standard InChI is InChI=1S/C17H14BrN3O3S/c18-13-4-1-2-5-15(13)25(23,24)20-11-7-8-14-12(10-11)17(22)21-9-3-6-16(21)19-14/h1-2,4-5,7-8,10,20H,3,6,9H2. The van der Waals surface area contributed by atoms with Gasteiger partial charge >= 0.3 is 0 Å². The maximum Gasteiger partial charge on any atom is 0.263 e. The number of hydrogen-bond donors (Lipinski definition) is 1. The first-order chi connectivity index (χ1) is 12.0. The molecule has 0 radical (unpaired) electrons. The zero-order valence-corrected chi connectivity index (χ0v) is 15.5. The van der Waals surface area contributed by atoms with E-state index in [4.69, 9.17) is 0 Å². The van der Waals surface area contributed by atoms with Gasteiger partial charge in [0.05, 0.1) is 10.9 Å². The number of anilines is 1. The second-order valence-corrected chi connectivity index (χ2v) is 8.36. The van der Waals surface area contributed by atoms with Gasteiger partial charge in [-0.2, -0.15) is 0 Å². The van der Waals surface area contributed by atoms with Gasteiger partial charge in [-0.25, -0.2) is 13.4 Å². The zero-order valence-electron chi connectivity index (χ0n) is 13.1. The van der Waals surface area contributed by atoms with Gasteiger partial charge in [-0.15, -0.1) is 0 Å². The van der Waals surface area contributed by atoms with Crippen molar-refractivity contribution in [2.45, 2.75) is 24.3 Å². The Labute approximate surface area is 152 Å². The first kappa shape index (κ1) is 16.3. The van der Waals surface area contributed by atoms with Crippen LogP contribution in [0, 0.1) is 0 Å². The van der Waals surface area contributed by atoms with Gasteiger partial charge in [0.15, 0.2) is 0 Å². The minimum Gasteiger partial charge on any atom is -0.296 e. The normalized spacial score (nSPS) is 13.8. The monoisotopic (exact) mass is 419 g/mol. The van der Waals surface area contributed by atoms with Crippen molar-refractivity contribution in [2.24, 2.45) is 0 Å². The number of fused-ring (bicyclic) bond motifs is 2. The summed E-state index contributed by atoms with van der Waals surface area (Å²) in [5.41, 5.74) is 0.794. The van der Waals surface area contributed by atoms with Crippen molar-refractivity contribution in [3.8, 4) is 0 Å². The van der Waals surface area contributed by atoms with Gasteiger partial charge in [-0.1, -0.05) is 12.1 Å². The molecule has 6 nitrogen and oxygen atoms in total. The highest BCUT2D eigenvalue weighted by atomic mass is 79.9. The summed E-state index contributed by atoms with van der Waals surface area (Å²) in [5.74, 6) is 0.791. The number of sulfonamides is 1. The van der Waals surface area contributed by atoms with E-state index in [9.17, 15) is 13.2 Å². The molecular formula is C17H14BrN3O3S. The molecule has 0 aliphatic carbocycles. The second-order valence-electron chi connectivity index (χ2n) is 5.86. The molecule has 0 unspecified atom stereocenters. The number of nitrogens with one attached hydrogen (secondary N) is 1. The number of nitrogens with zero attached hydrogens (tertiary/aromatic N) is 2. The first-order valence-corrected chi connectivity index (χ1v) is 10.0. The van der Waals surface area contributed by atoms with Gasteiger partial charge in [0.1, 0.15) is 10.7 Å². The number of benzene rings is 2. The molecule has 8 heteroatoms. The Kier molecular flexibility index (Phi) is 3.88.